The average Bonchev–Trinajstić information content (AvgIpc) is 3.17. The lowest BCUT2D eigenvalue weighted by atomic mass is 10.0. The van der Waals surface area contributed by atoms with E-state index >= 15 is 0 Å². The first-order chi connectivity index (χ1) is 12.6. The molecule has 0 radical (unpaired) electrons. The molecule has 0 aliphatic carbocycles. The molecule has 2 aromatic carbocycles. The van der Waals surface area contributed by atoms with Gasteiger partial charge in [-0.05, 0) is 24.6 Å². The summed E-state index contributed by atoms with van der Waals surface area (Å²) in [7, 11) is 0. The largest absolute Gasteiger partial charge is 0.351 e. The molecule has 3 rings (SSSR count). The maximum Gasteiger partial charge on any atom is 0.251 e. The van der Waals surface area contributed by atoms with Crippen molar-refractivity contribution in [3.05, 3.63) is 71.1 Å². The Hall–Kier alpha value is -3.46. The smallest absolute Gasteiger partial charge is 0.251 e. The Morgan fingerprint density at radius 2 is 2.04 bits per heavy atom. The second-order valence-electron chi connectivity index (χ2n) is 6.07. The zero-order valence-corrected chi connectivity index (χ0v) is 14.6. The van der Waals surface area contributed by atoms with E-state index < -0.39 is 0 Å². The van der Waals surface area contributed by atoms with Gasteiger partial charge in [0, 0.05) is 17.7 Å². The summed E-state index contributed by atoms with van der Waals surface area (Å²) in [4.78, 5) is 16.8. The maximum absolute atomic E-state index is 12.4. The van der Waals surface area contributed by atoms with Gasteiger partial charge in [0.2, 0.25) is 11.7 Å². The van der Waals surface area contributed by atoms with Crippen LogP contribution < -0.4 is 5.32 Å². The molecule has 1 unspecified atom stereocenters. The first-order valence-corrected chi connectivity index (χ1v) is 8.26. The normalized spacial score (nSPS) is 11.6. The molecule has 1 amide bonds. The van der Waals surface area contributed by atoms with Gasteiger partial charge in [-0.25, -0.2) is 0 Å². The van der Waals surface area contributed by atoms with E-state index in [1.807, 2.05) is 50.2 Å². The summed E-state index contributed by atoms with van der Waals surface area (Å²) >= 11 is 0. The molecule has 6 nitrogen and oxygen atoms in total. The van der Waals surface area contributed by atoms with E-state index in [4.69, 9.17) is 9.78 Å². The molecule has 0 aliphatic rings. The summed E-state index contributed by atoms with van der Waals surface area (Å²) in [6, 6.07) is 16.7. The predicted molar refractivity (Wildman–Crippen MR) is 96.4 cm³/mol. The van der Waals surface area contributed by atoms with E-state index in [1.54, 1.807) is 18.2 Å². The van der Waals surface area contributed by atoms with Gasteiger partial charge in [-0.1, -0.05) is 48.5 Å². The van der Waals surface area contributed by atoms with Crippen LogP contribution in [0.3, 0.4) is 0 Å². The number of aryl methyl sites for hydroxylation is 1. The Morgan fingerprint density at radius 1 is 1.27 bits per heavy atom. The topological polar surface area (TPSA) is 91.8 Å². The number of amides is 1. The Balaban J connectivity index is 1.66. The van der Waals surface area contributed by atoms with E-state index in [-0.39, 0.29) is 11.8 Å². The van der Waals surface area contributed by atoms with Crippen LogP contribution in [0.5, 0.6) is 0 Å². The highest BCUT2D eigenvalue weighted by molar-refractivity contribution is 5.96. The summed E-state index contributed by atoms with van der Waals surface area (Å²) in [5.74, 6) is 0.626. The Morgan fingerprint density at radius 3 is 2.77 bits per heavy atom. The number of carbonyl (C=O) groups is 1. The number of rotatable bonds is 5. The minimum Gasteiger partial charge on any atom is -0.351 e. The second kappa shape index (κ2) is 7.62. The average molecular weight is 346 g/mol. The summed E-state index contributed by atoms with van der Waals surface area (Å²) in [6.45, 7) is 4.09. The molecular formula is C20H18N4O2. The van der Waals surface area contributed by atoms with Gasteiger partial charge in [0.25, 0.3) is 5.91 Å². The lowest BCUT2D eigenvalue weighted by molar-refractivity contribution is 0.0949. The molecule has 3 aromatic rings. The van der Waals surface area contributed by atoms with Crippen molar-refractivity contribution < 1.29 is 9.32 Å². The third-order valence-electron chi connectivity index (χ3n) is 4.08. The Bertz CT molecular complexity index is 957. The fourth-order valence-corrected chi connectivity index (χ4v) is 2.50. The van der Waals surface area contributed by atoms with Crippen molar-refractivity contribution in [1.29, 1.82) is 5.26 Å². The number of aromatic nitrogens is 2. The van der Waals surface area contributed by atoms with Crippen LogP contribution in [0.4, 0.5) is 0 Å². The highest BCUT2D eigenvalue weighted by Gasteiger charge is 2.17. The van der Waals surface area contributed by atoms with Gasteiger partial charge in [0.1, 0.15) is 0 Å². The van der Waals surface area contributed by atoms with Crippen LogP contribution in [-0.4, -0.2) is 22.6 Å². The maximum atomic E-state index is 12.4. The van der Waals surface area contributed by atoms with Crippen molar-refractivity contribution in [3.63, 3.8) is 0 Å². The molecule has 130 valence electrons. The lowest BCUT2D eigenvalue weighted by Crippen LogP contribution is -2.28. The third-order valence-corrected chi connectivity index (χ3v) is 4.08. The van der Waals surface area contributed by atoms with Crippen LogP contribution in [0.2, 0.25) is 0 Å². The van der Waals surface area contributed by atoms with Crippen LogP contribution >= 0.6 is 0 Å². The number of hydrogen-bond acceptors (Lipinski definition) is 5. The summed E-state index contributed by atoms with van der Waals surface area (Å²) in [6.07, 6.45) is 0. The standard InChI is InChI=1S/C20H18N4O2/c1-13-8-9-15(11-21)10-17(13)19(25)22-12-14(2)20-23-18(24-26-20)16-6-4-3-5-7-16/h3-10,14H,12H2,1-2H3,(H,22,25). The van der Waals surface area contributed by atoms with E-state index in [9.17, 15) is 4.79 Å². The minimum absolute atomic E-state index is 0.136. The highest BCUT2D eigenvalue weighted by Crippen LogP contribution is 2.19. The molecule has 26 heavy (non-hydrogen) atoms. The molecule has 0 bridgehead atoms. The number of nitrogens with one attached hydrogen (secondary N) is 1. The third kappa shape index (κ3) is 3.78. The van der Waals surface area contributed by atoms with Gasteiger partial charge in [0.15, 0.2) is 0 Å². The van der Waals surface area contributed by atoms with Gasteiger partial charge in [0.05, 0.1) is 17.6 Å². The molecule has 1 atom stereocenters. The number of benzene rings is 2. The van der Waals surface area contributed by atoms with Crippen molar-refractivity contribution in [2.75, 3.05) is 6.54 Å². The van der Waals surface area contributed by atoms with Crippen molar-refractivity contribution in [1.82, 2.24) is 15.5 Å². The van der Waals surface area contributed by atoms with Crippen molar-refractivity contribution in [2.24, 2.45) is 0 Å². The molecule has 1 N–H and O–H groups in total. The SMILES string of the molecule is Cc1ccc(C#N)cc1C(=O)NCC(C)c1nc(-c2ccccc2)no1. The quantitative estimate of drug-likeness (QED) is 0.764. The fourth-order valence-electron chi connectivity index (χ4n) is 2.50. The van der Waals surface area contributed by atoms with Gasteiger partial charge >= 0.3 is 0 Å². The van der Waals surface area contributed by atoms with Gasteiger partial charge < -0.3 is 9.84 Å². The Kier molecular flexibility index (Phi) is 5.09. The second-order valence-corrected chi connectivity index (χ2v) is 6.07. The molecule has 0 spiro atoms. The number of carbonyl (C=O) groups excluding carboxylic acids is 1. The molecule has 0 fully saturated rings. The van der Waals surface area contributed by atoms with E-state index in [2.05, 4.69) is 15.5 Å². The molecule has 0 saturated heterocycles. The summed E-state index contributed by atoms with van der Waals surface area (Å²) in [5, 5.41) is 15.8. The van der Waals surface area contributed by atoms with Gasteiger partial charge in [-0.15, -0.1) is 0 Å². The minimum atomic E-state index is -0.228. The first-order valence-electron chi connectivity index (χ1n) is 8.26. The highest BCUT2D eigenvalue weighted by atomic mass is 16.5. The molecule has 0 saturated carbocycles. The van der Waals surface area contributed by atoms with Crippen LogP contribution in [-0.2, 0) is 0 Å². The number of nitrogens with zero attached hydrogens (tertiary/aromatic N) is 3. The van der Waals surface area contributed by atoms with Crippen molar-refractivity contribution in [3.8, 4) is 17.5 Å². The van der Waals surface area contributed by atoms with Crippen LogP contribution in [0.15, 0.2) is 53.1 Å². The molecule has 6 heteroatoms. The molecular weight excluding hydrogens is 328 g/mol. The molecule has 1 aromatic heterocycles. The van der Waals surface area contributed by atoms with E-state index in [1.165, 1.54) is 0 Å². The zero-order valence-electron chi connectivity index (χ0n) is 14.6. The zero-order chi connectivity index (χ0) is 18.5. The van der Waals surface area contributed by atoms with Crippen molar-refractivity contribution >= 4 is 5.91 Å². The Labute approximate surface area is 151 Å². The first kappa shape index (κ1) is 17.4. The van der Waals surface area contributed by atoms with Crippen LogP contribution in [0, 0.1) is 18.3 Å². The number of hydrogen-bond donors (Lipinski definition) is 1. The van der Waals surface area contributed by atoms with Gasteiger partial charge in [-0.2, -0.15) is 10.2 Å². The monoisotopic (exact) mass is 346 g/mol. The summed E-state index contributed by atoms with van der Waals surface area (Å²) in [5.41, 5.74) is 2.64. The van der Waals surface area contributed by atoms with Crippen LogP contribution in [0.25, 0.3) is 11.4 Å². The molecule has 0 aliphatic heterocycles. The lowest BCUT2D eigenvalue weighted by Gasteiger charge is -2.10. The fraction of sp³-hybridized carbons (Fsp3) is 0.200. The molecule has 1 heterocycles. The predicted octanol–water partition coefficient (Wildman–Crippen LogP) is 3.45. The van der Waals surface area contributed by atoms with Gasteiger partial charge in [-0.3, -0.25) is 4.79 Å². The van der Waals surface area contributed by atoms with Crippen molar-refractivity contribution in [2.45, 2.75) is 19.8 Å². The summed E-state index contributed by atoms with van der Waals surface area (Å²) < 4.78 is 5.32. The number of nitriles is 1. The van der Waals surface area contributed by atoms with E-state index in [0.717, 1.165) is 11.1 Å². The van der Waals surface area contributed by atoms with Crippen LogP contribution in [0.1, 0.15) is 40.2 Å². The van der Waals surface area contributed by atoms with E-state index in [0.29, 0.717) is 29.4 Å².